The van der Waals surface area contributed by atoms with Crippen LogP contribution in [0.15, 0.2) is 29.2 Å². The first-order chi connectivity index (χ1) is 11.5. The summed E-state index contributed by atoms with van der Waals surface area (Å²) in [6.45, 7) is 3.77. The van der Waals surface area contributed by atoms with Crippen molar-refractivity contribution in [2.45, 2.75) is 31.1 Å². The number of rotatable bonds is 7. The molecule has 0 unspecified atom stereocenters. The zero-order chi connectivity index (χ0) is 17.6. The third-order valence-electron chi connectivity index (χ3n) is 4.36. The molecule has 1 aromatic carbocycles. The molecule has 1 aromatic rings. The van der Waals surface area contributed by atoms with E-state index in [4.69, 9.17) is 4.74 Å². The lowest BCUT2D eigenvalue weighted by Crippen LogP contribution is -2.43. The summed E-state index contributed by atoms with van der Waals surface area (Å²) in [5.74, 6) is -0.102. The molecule has 1 aliphatic rings. The van der Waals surface area contributed by atoms with E-state index in [0.717, 1.165) is 12.0 Å². The molecule has 0 saturated carbocycles. The largest absolute Gasteiger partial charge is 0.385 e. The number of sulfonamides is 1. The monoisotopic (exact) mass is 354 g/mol. The minimum atomic E-state index is -3.48. The molecule has 0 atom stereocenters. The molecule has 7 heteroatoms. The molecule has 134 valence electrons. The SMILES string of the molecule is COCCCNC(=O)C1CCN(S(=O)(=O)c2ccccc2C)CC1. The van der Waals surface area contributed by atoms with Gasteiger partial charge in [0, 0.05) is 39.3 Å². The van der Waals surface area contributed by atoms with Gasteiger partial charge in [-0.25, -0.2) is 8.42 Å². The molecule has 1 aliphatic heterocycles. The van der Waals surface area contributed by atoms with Gasteiger partial charge < -0.3 is 10.1 Å². The molecule has 0 bridgehead atoms. The number of nitrogens with zero attached hydrogens (tertiary/aromatic N) is 1. The normalized spacial score (nSPS) is 16.9. The molecule has 0 spiro atoms. The molecule has 1 N–H and O–H groups in total. The number of nitrogens with one attached hydrogen (secondary N) is 1. The maximum atomic E-state index is 12.7. The standard InChI is InChI=1S/C17H26N2O4S/c1-14-6-3-4-7-16(14)24(21,22)19-11-8-15(9-12-19)17(20)18-10-5-13-23-2/h3-4,6-7,15H,5,8-13H2,1-2H3,(H,18,20). The average molecular weight is 354 g/mol. The number of benzene rings is 1. The van der Waals surface area contributed by atoms with E-state index in [0.29, 0.717) is 44.0 Å². The number of piperidine rings is 1. The van der Waals surface area contributed by atoms with Gasteiger partial charge >= 0.3 is 0 Å². The summed E-state index contributed by atoms with van der Waals surface area (Å²) in [6.07, 6.45) is 1.89. The smallest absolute Gasteiger partial charge is 0.243 e. The van der Waals surface area contributed by atoms with E-state index in [9.17, 15) is 13.2 Å². The van der Waals surface area contributed by atoms with Crippen molar-refractivity contribution in [1.29, 1.82) is 0 Å². The van der Waals surface area contributed by atoms with Gasteiger partial charge in [0.05, 0.1) is 4.90 Å². The number of carbonyl (C=O) groups is 1. The zero-order valence-corrected chi connectivity index (χ0v) is 15.1. The highest BCUT2D eigenvalue weighted by molar-refractivity contribution is 7.89. The van der Waals surface area contributed by atoms with Crippen molar-refractivity contribution in [3.05, 3.63) is 29.8 Å². The summed E-state index contributed by atoms with van der Waals surface area (Å²) in [7, 11) is -1.85. The van der Waals surface area contributed by atoms with E-state index in [2.05, 4.69) is 5.32 Å². The molecule has 6 nitrogen and oxygen atoms in total. The highest BCUT2D eigenvalue weighted by atomic mass is 32.2. The molecule has 0 radical (unpaired) electrons. The highest BCUT2D eigenvalue weighted by Crippen LogP contribution is 2.25. The summed E-state index contributed by atoms with van der Waals surface area (Å²) in [5.41, 5.74) is 0.746. The van der Waals surface area contributed by atoms with Crippen molar-refractivity contribution in [1.82, 2.24) is 9.62 Å². The van der Waals surface area contributed by atoms with Crippen LogP contribution in [0, 0.1) is 12.8 Å². The maximum absolute atomic E-state index is 12.7. The number of methoxy groups -OCH3 is 1. The molecule has 0 aromatic heterocycles. The first-order valence-electron chi connectivity index (χ1n) is 8.29. The van der Waals surface area contributed by atoms with Crippen LogP contribution in [0.5, 0.6) is 0 Å². The van der Waals surface area contributed by atoms with Crippen LogP contribution in [0.2, 0.25) is 0 Å². The number of amides is 1. The molecule has 1 heterocycles. The second kappa shape index (κ2) is 8.60. The van der Waals surface area contributed by atoms with Crippen LogP contribution in [0.4, 0.5) is 0 Å². The highest BCUT2D eigenvalue weighted by Gasteiger charge is 2.32. The van der Waals surface area contributed by atoms with Gasteiger partial charge in [0.1, 0.15) is 0 Å². The minimum absolute atomic E-state index is 0.0130. The van der Waals surface area contributed by atoms with Gasteiger partial charge in [-0.2, -0.15) is 4.31 Å². The molecule has 0 aliphatic carbocycles. The van der Waals surface area contributed by atoms with Gasteiger partial charge in [-0.15, -0.1) is 0 Å². The molecule has 24 heavy (non-hydrogen) atoms. The summed E-state index contributed by atoms with van der Waals surface area (Å²) >= 11 is 0. The topological polar surface area (TPSA) is 75.7 Å². The Morgan fingerprint density at radius 2 is 1.96 bits per heavy atom. The van der Waals surface area contributed by atoms with Gasteiger partial charge in [-0.1, -0.05) is 18.2 Å². The Balaban J connectivity index is 1.90. The van der Waals surface area contributed by atoms with Crippen LogP contribution in [-0.4, -0.2) is 52.0 Å². The van der Waals surface area contributed by atoms with Crippen LogP contribution in [0.1, 0.15) is 24.8 Å². The molecule has 1 fully saturated rings. The van der Waals surface area contributed by atoms with E-state index < -0.39 is 10.0 Å². The minimum Gasteiger partial charge on any atom is -0.385 e. The molecule has 1 saturated heterocycles. The molecular weight excluding hydrogens is 328 g/mol. The van der Waals surface area contributed by atoms with Gasteiger partial charge in [0.2, 0.25) is 15.9 Å². The van der Waals surface area contributed by atoms with Gasteiger partial charge in [0.15, 0.2) is 0 Å². The Labute approximate surface area is 144 Å². The van der Waals surface area contributed by atoms with Gasteiger partial charge in [0.25, 0.3) is 0 Å². The number of hydrogen-bond acceptors (Lipinski definition) is 4. The number of aryl methyl sites for hydroxylation is 1. The van der Waals surface area contributed by atoms with E-state index in [1.54, 1.807) is 32.2 Å². The second-order valence-electron chi connectivity index (χ2n) is 6.08. The summed E-state index contributed by atoms with van der Waals surface area (Å²) < 4.78 is 31.9. The van der Waals surface area contributed by atoms with Gasteiger partial charge in [-0.05, 0) is 37.8 Å². The first kappa shape index (κ1) is 18.9. The zero-order valence-electron chi connectivity index (χ0n) is 14.3. The third-order valence-corrected chi connectivity index (χ3v) is 6.42. The predicted octanol–water partition coefficient (Wildman–Crippen LogP) is 1.55. The van der Waals surface area contributed by atoms with E-state index in [-0.39, 0.29) is 11.8 Å². The van der Waals surface area contributed by atoms with Crippen molar-refractivity contribution < 1.29 is 17.9 Å². The molecule has 1 amide bonds. The van der Waals surface area contributed by atoms with Crippen molar-refractivity contribution in [2.75, 3.05) is 33.4 Å². The van der Waals surface area contributed by atoms with Crippen molar-refractivity contribution >= 4 is 15.9 Å². The van der Waals surface area contributed by atoms with Crippen LogP contribution < -0.4 is 5.32 Å². The fraction of sp³-hybridized carbons (Fsp3) is 0.588. The van der Waals surface area contributed by atoms with Crippen LogP contribution >= 0.6 is 0 Å². The van der Waals surface area contributed by atoms with Crippen molar-refractivity contribution in [3.63, 3.8) is 0 Å². The number of carbonyl (C=O) groups excluding carboxylic acids is 1. The Kier molecular flexibility index (Phi) is 6.77. The molecular formula is C17H26N2O4S. The Hall–Kier alpha value is -1.44. The summed E-state index contributed by atoms with van der Waals surface area (Å²) in [6, 6.07) is 7.00. The third kappa shape index (κ3) is 4.55. The Bertz CT molecular complexity index is 652. The van der Waals surface area contributed by atoms with Gasteiger partial charge in [-0.3, -0.25) is 4.79 Å². The maximum Gasteiger partial charge on any atom is 0.243 e. The first-order valence-corrected chi connectivity index (χ1v) is 9.73. The number of ether oxygens (including phenoxy) is 1. The fourth-order valence-electron chi connectivity index (χ4n) is 2.92. The average Bonchev–Trinajstić information content (AvgIpc) is 2.59. The van der Waals surface area contributed by atoms with E-state index >= 15 is 0 Å². The summed E-state index contributed by atoms with van der Waals surface area (Å²) in [5, 5.41) is 2.89. The lowest BCUT2D eigenvalue weighted by atomic mass is 9.97. The van der Waals surface area contributed by atoms with Crippen LogP contribution in [0.3, 0.4) is 0 Å². The van der Waals surface area contributed by atoms with Crippen molar-refractivity contribution in [3.8, 4) is 0 Å². The van der Waals surface area contributed by atoms with Crippen molar-refractivity contribution in [2.24, 2.45) is 5.92 Å². The quantitative estimate of drug-likeness (QED) is 0.754. The van der Waals surface area contributed by atoms with Crippen LogP contribution in [-0.2, 0) is 19.6 Å². The second-order valence-corrected chi connectivity index (χ2v) is 7.99. The Morgan fingerprint density at radius 3 is 2.58 bits per heavy atom. The number of hydrogen-bond donors (Lipinski definition) is 1. The molecule has 2 rings (SSSR count). The Morgan fingerprint density at radius 1 is 1.29 bits per heavy atom. The van der Waals surface area contributed by atoms with E-state index in [1.807, 2.05) is 6.07 Å². The lowest BCUT2D eigenvalue weighted by molar-refractivity contribution is -0.126. The van der Waals surface area contributed by atoms with E-state index in [1.165, 1.54) is 4.31 Å². The predicted molar refractivity (Wildman–Crippen MR) is 92.2 cm³/mol. The van der Waals surface area contributed by atoms with Crippen LogP contribution in [0.25, 0.3) is 0 Å². The summed E-state index contributed by atoms with van der Waals surface area (Å²) in [4.78, 5) is 12.5. The fourth-order valence-corrected chi connectivity index (χ4v) is 4.61. The lowest BCUT2D eigenvalue weighted by Gasteiger charge is -2.31.